The molecule has 1 heterocycles. The Morgan fingerprint density at radius 2 is 2.17 bits per heavy atom. The van der Waals surface area contributed by atoms with Crippen LogP contribution in [0.15, 0.2) is 6.07 Å². The summed E-state index contributed by atoms with van der Waals surface area (Å²) in [6.45, 7) is 5.03. The summed E-state index contributed by atoms with van der Waals surface area (Å²) in [6, 6.07) is 1.79. The smallest absolute Gasteiger partial charge is 0.339 e. The Labute approximate surface area is 107 Å². The van der Waals surface area contributed by atoms with E-state index in [1.807, 2.05) is 18.9 Å². The van der Waals surface area contributed by atoms with E-state index < -0.39 is 5.97 Å². The van der Waals surface area contributed by atoms with Crippen molar-refractivity contribution >= 4 is 11.8 Å². The Morgan fingerprint density at radius 1 is 1.50 bits per heavy atom. The van der Waals surface area contributed by atoms with Crippen LogP contribution < -0.4 is 4.90 Å². The first-order valence-electron chi connectivity index (χ1n) is 5.89. The Kier molecular flexibility index (Phi) is 5.09. The maximum absolute atomic E-state index is 11.3. The highest BCUT2D eigenvalue weighted by atomic mass is 16.5. The Balaban J connectivity index is 3.02. The third-order valence-corrected chi connectivity index (χ3v) is 2.74. The molecule has 0 saturated heterocycles. The van der Waals surface area contributed by atoms with E-state index in [-0.39, 0.29) is 5.56 Å². The number of nitrogens with zero attached hydrogens (tertiary/aromatic N) is 2. The Morgan fingerprint density at radius 3 is 2.72 bits per heavy atom. The molecule has 0 aromatic carbocycles. The molecule has 0 atom stereocenters. The first-order chi connectivity index (χ1) is 8.47. The molecule has 0 spiro atoms. The molecule has 5 heteroatoms. The second kappa shape index (κ2) is 6.35. The molecule has 0 aliphatic carbocycles. The summed E-state index contributed by atoms with van der Waals surface area (Å²) < 4.78 is 4.99. The number of rotatable bonds is 6. The summed E-state index contributed by atoms with van der Waals surface area (Å²) >= 11 is 0. The minimum absolute atomic E-state index is 0.278. The summed E-state index contributed by atoms with van der Waals surface area (Å²) in [5, 5.41) is 9.27. The summed E-state index contributed by atoms with van der Waals surface area (Å²) in [6.07, 6.45) is 0.834. The number of aryl methyl sites for hydroxylation is 2. The Hall–Kier alpha value is -1.62. The summed E-state index contributed by atoms with van der Waals surface area (Å²) in [4.78, 5) is 17.5. The normalized spacial score (nSPS) is 10.4. The second-order valence-corrected chi connectivity index (χ2v) is 4.35. The minimum Gasteiger partial charge on any atom is -0.478 e. The number of hydrogen-bond acceptors (Lipinski definition) is 4. The quantitative estimate of drug-likeness (QED) is 0.783. The molecule has 0 aliphatic rings. The number of aromatic nitrogens is 1. The number of pyridine rings is 1. The first-order valence-corrected chi connectivity index (χ1v) is 5.89. The molecule has 1 N–H and O–H groups in total. The number of hydrogen-bond donors (Lipinski definition) is 1. The van der Waals surface area contributed by atoms with Gasteiger partial charge in [0.25, 0.3) is 0 Å². The number of methoxy groups -OCH3 is 1. The fourth-order valence-electron chi connectivity index (χ4n) is 1.91. The zero-order valence-corrected chi connectivity index (χ0v) is 11.4. The third-order valence-electron chi connectivity index (χ3n) is 2.74. The van der Waals surface area contributed by atoms with Crippen LogP contribution >= 0.6 is 0 Å². The van der Waals surface area contributed by atoms with Gasteiger partial charge in [0.2, 0.25) is 0 Å². The lowest BCUT2D eigenvalue weighted by atomic mass is 10.1. The SMILES string of the molecule is COCCCN(C)c1nc(C)cc(C)c1C(=O)O. The van der Waals surface area contributed by atoms with Crippen molar-refractivity contribution in [3.63, 3.8) is 0 Å². The summed E-state index contributed by atoms with van der Waals surface area (Å²) in [7, 11) is 3.50. The van der Waals surface area contributed by atoms with Crippen molar-refractivity contribution in [2.24, 2.45) is 0 Å². The van der Waals surface area contributed by atoms with Crippen molar-refractivity contribution < 1.29 is 14.6 Å². The monoisotopic (exact) mass is 252 g/mol. The van der Waals surface area contributed by atoms with Crippen LogP contribution in [0.5, 0.6) is 0 Å². The van der Waals surface area contributed by atoms with E-state index in [4.69, 9.17) is 4.74 Å². The number of ether oxygens (including phenoxy) is 1. The molecule has 0 unspecified atom stereocenters. The maximum atomic E-state index is 11.3. The molecule has 0 amide bonds. The van der Waals surface area contributed by atoms with Gasteiger partial charge in [-0.1, -0.05) is 0 Å². The molecule has 1 rings (SSSR count). The summed E-state index contributed by atoms with van der Waals surface area (Å²) in [5.74, 6) is -0.412. The van der Waals surface area contributed by atoms with Crippen molar-refractivity contribution in [3.8, 4) is 0 Å². The zero-order chi connectivity index (χ0) is 13.7. The predicted molar refractivity (Wildman–Crippen MR) is 70.4 cm³/mol. The Bertz CT molecular complexity index is 432. The van der Waals surface area contributed by atoms with E-state index in [0.29, 0.717) is 19.0 Å². The van der Waals surface area contributed by atoms with Gasteiger partial charge in [0.15, 0.2) is 0 Å². The van der Waals surface area contributed by atoms with E-state index in [0.717, 1.165) is 17.7 Å². The number of anilines is 1. The second-order valence-electron chi connectivity index (χ2n) is 4.35. The molecular weight excluding hydrogens is 232 g/mol. The van der Waals surface area contributed by atoms with Gasteiger partial charge < -0.3 is 14.7 Å². The van der Waals surface area contributed by atoms with Gasteiger partial charge in [0.05, 0.1) is 0 Å². The van der Waals surface area contributed by atoms with E-state index >= 15 is 0 Å². The van der Waals surface area contributed by atoms with Gasteiger partial charge >= 0.3 is 5.97 Å². The van der Waals surface area contributed by atoms with Gasteiger partial charge in [-0.15, -0.1) is 0 Å². The molecule has 0 aliphatic heterocycles. The van der Waals surface area contributed by atoms with Gasteiger partial charge in [-0.25, -0.2) is 9.78 Å². The van der Waals surface area contributed by atoms with Gasteiger partial charge in [0, 0.05) is 33.0 Å². The van der Waals surface area contributed by atoms with Gasteiger partial charge in [-0.05, 0) is 31.9 Å². The van der Waals surface area contributed by atoms with Crippen molar-refractivity contribution in [1.29, 1.82) is 0 Å². The van der Waals surface area contributed by atoms with Crippen LogP contribution in [0.25, 0.3) is 0 Å². The molecule has 1 aromatic heterocycles. The lowest BCUT2D eigenvalue weighted by molar-refractivity contribution is 0.0696. The average Bonchev–Trinajstić information content (AvgIpc) is 2.27. The minimum atomic E-state index is -0.936. The van der Waals surface area contributed by atoms with Crippen LogP contribution in [-0.2, 0) is 4.74 Å². The van der Waals surface area contributed by atoms with Gasteiger partial charge in [-0.3, -0.25) is 0 Å². The van der Waals surface area contributed by atoms with Crippen LogP contribution in [0.3, 0.4) is 0 Å². The van der Waals surface area contributed by atoms with E-state index in [2.05, 4.69) is 4.98 Å². The van der Waals surface area contributed by atoms with Crippen molar-refractivity contribution in [1.82, 2.24) is 4.98 Å². The molecule has 18 heavy (non-hydrogen) atoms. The molecule has 1 aromatic rings. The number of carbonyl (C=O) groups is 1. The average molecular weight is 252 g/mol. The van der Waals surface area contributed by atoms with Crippen LogP contribution in [0.4, 0.5) is 5.82 Å². The zero-order valence-electron chi connectivity index (χ0n) is 11.4. The van der Waals surface area contributed by atoms with Crippen molar-refractivity contribution in [2.45, 2.75) is 20.3 Å². The molecule has 0 fully saturated rings. The fourth-order valence-corrected chi connectivity index (χ4v) is 1.91. The van der Waals surface area contributed by atoms with E-state index in [9.17, 15) is 9.90 Å². The van der Waals surface area contributed by atoms with Crippen LogP contribution in [0.1, 0.15) is 28.0 Å². The molecule has 0 radical (unpaired) electrons. The van der Waals surface area contributed by atoms with E-state index in [1.165, 1.54) is 0 Å². The third kappa shape index (κ3) is 3.43. The van der Waals surface area contributed by atoms with E-state index in [1.54, 1.807) is 20.1 Å². The molecule has 0 bridgehead atoms. The molecule has 5 nitrogen and oxygen atoms in total. The van der Waals surface area contributed by atoms with Crippen LogP contribution in [0.2, 0.25) is 0 Å². The van der Waals surface area contributed by atoms with Crippen LogP contribution in [-0.4, -0.2) is 43.4 Å². The molecule has 100 valence electrons. The fraction of sp³-hybridized carbons (Fsp3) is 0.538. The van der Waals surface area contributed by atoms with Crippen molar-refractivity contribution in [3.05, 3.63) is 22.9 Å². The molecule has 0 saturated carbocycles. The van der Waals surface area contributed by atoms with Crippen molar-refractivity contribution in [2.75, 3.05) is 32.2 Å². The topological polar surface area (TPSA) is 62.7 Å². The lowest BCUT2D eigenvalue weighted by Gasteiger charge is -2.21. The number of aromatic carboxylic acids is 1. The largest absolute Gasteiger partial charge is 0.478 e. The first kappa shape index (κ1) is 14.4. The number of carboxylic acid groups (broad SMARTS) is 1. The standard InChI is InChI=1S/C13H20N2O3/c1-9-8-10(2)14-12(11(9)13(16)17)15(3)6-5-7-18-4/h8H,5-7H2,1-4H3,(H,16,17). The highest BCUT2D eigenvalue weighted by Crippen LogP contribution is 2.21. The number of carboxylic acids is 1. The highest BCUT2D eigenvalue weighted by Gasteiger charge is 2.18. The predicted octanol–water partition coefficient (Wildman–Crippen LogP) is 1.87. The highest BCUT2D eigenvalue weighted by molar-refractivity contribution is 5.95. The van der Waals surface area contributed by atoms with Gasteiger partial charge in [0.1, 0.15) is 11.4 Å². The summed E-state index contributed by atoms with van der Waals surface area (Å²) in [5.41, 5.74) is 1.84. The lowest BCUT2D eigenvalue weighted by Crippen LogP contribution is -2.24. The maximum Gasteiger partial charge on any atom is 0.339 e. The van der Waals surface area contributed by atoms with Crippen LogP contribution in [0, 0.1) is 13.8 Å². The molecular formula is C13H20N2O3. The van der Waals surface area contributed by atoms with Gasteiger partial charge in [-0.2, -0.15) is 0 Å².